The number of allylic oxidation sites excluding steroid dienone is 1. The third-order valence-electron chi connectivity index (χ3n) is 2.22. The summed E-state index contributed by atoms with van der Waals surface area (Å²) in [4.78, 5) is 10.7. The van der Waals surface area contributed by atoms with Gasteiger partial charge in [-0.1, -0.05) is 13.2 Å². The summed E-state index contributed by atoms with van der Waals surface area (Å²) in [6.07, 6.45) is 0.144. The normalized spacial score (nSPS) is 27.5. The maximum absolute atomic E-state index is 10.7. The van der Waals surface area contributed by atoms with Crippen molar-refractivity contribution in [2.45, 2.75) is 26.1 Å². The van der Waals surface area contributed by atoms with Gasteiger partial charge in [-0.25, -0.2) is 0 Å². The molecule has 1 saturated heterocycles. The molecule has 2 unspecified atom stereocenters. The van der Waals surface area contributed by atoms with Gasteiger partial charge in [-0.3, -0.25) is 0 Å². The van der Waals surface area contributed by atoms with Crippen molar-refractivity contribution < 1.29 is 14.6 Å². The van der Waals surface area contributed by atoms with Crippen LogP contribution in [0.2, 0.25) is 0 Å². The van der Waals surface area contributed by atoms with Crippen LogP contribution in [0.15, 0.2) is 24.5 Å². The molecule has 3 nitrogen and oxygen atoms in total. The Kier molecular flexibility index (Phi) is 2.88. The molecular weight excluding hydrogens is 168 g/mol. The fraction of sp³-hybridized carbons (Fsp3) is 0.500. The van der Waals surface area contributed by atoms with Gasteiger partial charge >= 0.3 is 0 Å². The Labute approximate surface area is 77.7 Å². The third-order valence-corrected chi connectivity index (χ3v) is 2.22. The molecule has 1 fully saturated rings. The highest BCUT2D eigenvalue weighted by atomic mass is 16.6. The van der Waals surface area contributed by atoms with Gasteiger partial charge < -0.3 is 14.6 Å². The van der Waals surface area contributed by atoms with Crippen LogP contribution >= 0.6 is 0 Å². The molecule has 0 aromatic carbocycles. The SMILES string of the molecule is C=C1OC(O)C(CCC(C)=O)C1=C. The van der Waals surface area contributed by atoms with E-state index in [0.29, 0.717) is 24.2 Å². The maximum atomic E-state index is 10.7. The highest BCUT2D eigenvalue weighted by Crippen LogP contribution is 2.34. The second-order valence-electron chi connectivity index (χ2n) is 3.30. The molecular formula is C10H14O3. The molecule has 72 valence electrons. The van der Waals surface area contributed by atoms with Crippen molar-refractivity contribution in [2.24, 2.45) is 5.92 Å². The predicted octanol–water partition coefficient (Wildman–Crippen LogP) is 1.39. The largest absolute Gasteiger partial charge is 0.465 e. The smallest absolute Gasteiger partial charge is 0.204 e. The summed E-state index contributed by atoms with van der Waals surface area (Å²) in [6.45, 7) is 8.87. The zero-order valence-corrected chi connectivity index (χ0v) is 7.75. The zero-order chi connectivity index (χ0) is 10.0. The lowest BCUT2D eigenvalue weighted by Crippen LogP contribution is -2.16. The molecule has 0 radical (unpaired) electrons. The summed E-state index contributed by atoms with van der Waals surface area (Å²) in [7, 11) is 0. The number of aliphatic hydroxyl groups excluding tert-OH is 1. The second kappa shape index (κ2) is 3.75. The minimum Gasteiger partial charge on any atom is -0.465 e. The molecule has 0 aliphatic carbocycles. The molecule has 0 amide bonds. The Morgan fingerprint density at radius 2 is 2.23 bits per heavy atom. The van der Waals surface area contributed by atoms with Crippen LogP contribution in [0.5, 0.6) is 0 Å². The molecule has 0 saturated carbocycles. The van der Waals surface area contributed by atoms with Crippen molar-refractivity contribution in [1.82, 2.24) is 0 Å². The Balaban J connectivity index is 2.54. The molecule has 0 spiro atoms. The summed E-state index contributed by atoms with van der Waals surface area (Å²) in [5.41, 5.74) is 0.703. The molecule has 13 heavy (non-hydrogen) atoms. The van der Waals surface area contributed by atoms with E-state index >= 15 is 0 Å². The van der Waals surface area contributed by atoms with Crippen molar-refractivity contribution in [3.05, 3.63) is 24.5 Å². The van der Waals surface area contributed by atoms with Crippen LogP contribution in [0.3, 0.4) is 0 Å². The van der Waals surface area contributed by atoms with Gasteiger partial charge in [0.1, 0.15) is 11.5 Å². The van der Waals surface area contributed by atoms with E-state index in [1.807, 2.05) is 0 Å². The Morgan fingerprint density at radius 3 is 2.62 bits per heavy atom. The van der Waals surface area contributed by atoms with E-state index in [-0.39, 0.29) is 11.7 Å². The second-order valence-corrected chi connectivity index (χ2v) is 3.30. The van der Waals surface area contributed by atoms with Crippen LogP contribution in [-0.2, 0) is 9.53 Å². The molecule has 1 heterocycles. The van der Waals surface area contributed by atoms with Gasteiger partial charge in [0.2, 0.25) is 6.29 Å². The van der Waals surface area contributed by atoms with Crippen LogP contribution in [0.4, 0.5) is 0 Å². The molecule has 0 aromatic heterocycles. The summed E-state index contributed by atoms with van der Waals surface area (Å²) >= 11 is 0. The number of carbonyl (C=O) groups is 1. The van der Waals surface area contributed by atoms with E-state index in [9.17, 15) is 9.90 Å². The molecule has 3 heteroatoms. The number of rotatable bonds is 3. The molecule has 0 bridgehead atoms. The number of Topliss-reactive ketones (excluding diaryl/α,β-unsaturated/α-hetero) is 1. The Bertz CT molecular complexity index is 255. The summed E-state index contributed by atoms with van der Waals surface area (Å²) in [5, 5.41) is 9.39. The zero-order valence-electron chi connectivity index (χ0n) is 7.75. The quantitative estimate of drug-likeness (QED) is 0.717. The highest BCUT2D eigenvalue weighted by Gasteiger charge is 2.32. The number of hydrogen-bond donors (Lipinski definition) is 1. The Morgan fingerprint density at radius 1 is 1.62 bits per heavy atom. The maximum Gasteiger partial charge on any atom is 0.204 e. The first-order chi connectivity index (χ1) is 6.02. The summed E-state index contributed by atoms with van der Waals surface area (Å²) < 4.78 is 4.97. The van der Waals surface area contributed by atoms with E-state index in [0.717, 1.165) is 0 Å². The first kappa shape index (κ1) is 9.99. The van der Waals surface area contributed by atoms with Gasteiger partial charge in [0.25, 0.3) is 0 Å². The fourth-order valence-corrected chi connectivity index (χ4v) is 1.36. The van der Waals surface area contributed by atoms with E-state index in [2.05, 4.69) is 13.2 Å². The number of aliphatic hydroxyl groups is 1. The van der Waals surface area contributed by atoms with Crippen molar-refractivity contribution in [3.8, 4) is 0 Å². The average molecular weight is 182 g/mol. The summed E-state index contributed by atoms with van der Waals surface area (Å²) in [6, 6.07) is 0. The lowest BCUT2D eigenvalue weighted by Gasteiger charge is -2.10. The van der Waals surface area contributed by atoms with E-state index in [4.69, 9.17) is 4.74 Å². The number of ether oxygens (including phenoxy) is 1. The molecule has 1 aliphatic heterocycles. The van der Waals surface area contributed by atoms with Crippen LogP contribution < -0.4 is 0 Å². The number of ketones is 1. The van der Waals surface area contributed by atoms with E-state index in [1.54, 1.807) is 0 Å². The van der Waals surface area contributed by atoms with Gasteiger partial charge in [0.15, 0.2) is 0 Å². The number of carbonyl (C=O) groups excluding carboxylic acids is 1. The predicted molar refractivity (Wildman–Crippen MR) is 48.8 cm³/mol. The van der Waals surface area contributed by atoms with Crippen molar-refractivity contribution in [3.63, 3.8) is 0 Å². The first-order valence-corrected chi connectivity index (χ1v) is 4.24. The van der Waals surface area contributed by atoms with E-state index < -0.39 is 6.29 Å². The fourth-order valence-electron chi connectivity index (χ4n) is 1.36. The van der Waals surface area contributed by atoms with Crippen LogP contribution in [0.1, 0.15) is 19.8 Å². The van der Waals surface area contributed by atoms with Crippen molar-refractivity contribution in [2.75, 3.05) is 0 Å². The van der Waals surface area contributed by atoms with Crippen LogP contribution in [-0.4, -0.2) is 17.2 Å². The standard InChI is InChI=1S/C10H14O3/c1-6(11)4-5-9-7(2)8(3)13-10(9)12/h9-10,12H,2-5H2,1H3. The number of hydrogen-bond acceptors (Lipinski definition) is 3. The minimum absolute atomic E-state index is 0.109. The first-order valence-electron chi connectivity index (χ1n) is 4.24. The van der Waals surface area contributed by atoms with Gasteiger partial charge in [-0.05, 0) is 18.9 Å². The molecule has 1 rings (SSSR count). The van der Waals surface area contributed by atoms with Crippen LogP contribution in [0, 0.1) is 5.92 Å². The Hall–Kier alpha value is -1.09. The summed E-state index contributed by atoms with van der Waals surface area (Å²) in [5.74, 6) is 0.370. The van der Waals surface area contributed by atoms with Crippen molar-refractivity contribution in [1.29, 1.82) is 0 Å². The van der Waals surface area contributed by atoms with Gasteiger partial charge in [-0.2, -0.15) is 0 Å². The van der Waals surface area contributed by atoms with Crippen LogP contribution in [0.25, 0.3) is 0 Å². The monoisotopic (exact) mass is 182 g/mol. The highest BCUT2D eigenvalue weighted by molar-refractivity contribution is 5.75. The average Bonchev–Trinajstić information content (AvgIpc) is 2.24. The van der Waals surface area contributed by atoms with Gasteiger partial charge in [-0.15, -0.1) is 0 Å². The third kappa shape index (κ3) is 2.18. The molecule has 1 aliphatic rings. The van der Waals surface area contributed by atoms with E-state index in [1.165, 1.54) is 6.92 Å². The lowest BCUT2D eigenvalue weighted by atomic mass is 9.95. The topological polar surface area (TPSA) is 46.5 Å². The minimum atomic E-state index is -0.876. The molecule has 0 aromatic rings. The molecule has 2 atom stereocenters. The van der Waals surface area contributed by atoms with Gasteiger partial charge in [0.05, 0.1) is 0 Å². The van der Waals surface area contributed by atoms with Crippen molar-refractivity contribution >= 4 is 5.78 Å². The van der Waals surface area contributed by atoms with Gasteiger partial charge in [0, 0.05) is 12.3 Å². The lowest BCUT2D eigenvalue weighted by molar-refractivity contribution is -0.117. The molecule has 1 N–H and O–H groups in total.